The first-order valence-corrected chi connectivity index (χ1v) is 7.67. The van der Waals surface area contributed by atoms with Gasteiger partial charge in [0.2, 0.25) is 5.91 Å². The zero-order chi connectivity index (χ0) is 16.5. The van der Waals surface area contributed by atoms with Crippen LogP contribution < -0.4 is 5.32 Å². The molecule has 0 aliphatic carbocycles. The molecule has 1 amide bonds. The Morgan fingerprint density at radius 1 is 1.27 bits per heavy atom. The highest BCUT2D eigenvalue weighted by Gasteiger charge is 2.19. The van der Waals surface area contributed by atoms with E-state index in [-0.39, 0.29) is 5.91 Å². The largest absolute Gasteiger partial charge is 0.480 e. The standard InChI is InChI=1S/C17H26N2O3/c1-13-7-4-5-8-16(13)9-6-11-19(14(2)17(21)22)12-10-18-15(3)20/h4-5,7-8,14H,6,9-12H2,1-3H3,(H,18,20)(H,21,22). The molecule has 0 aliphatic heterocycles. The third-order valence-electron chi connectivity index (χ3n) is 3.83. The zero-order valence-electron chi connectivity index (χ0n) is 13.6. The summed E-state index contributed by atoms with van der Waals surface area (Å²) in [6, 6.07) is 7.69. The second-order valence-corrected chi connectivity index (χ2v) is 5.56. The average Bonchev–Trinajstić information content (AvgIpc) is 2.46. The fraction of sp³-hybridized carbons (Fsp3) is 0.529. The Morgan fingerprint density at radius 3 is 2.55 bits per heavy atom. The first-order chi connectivity index (χ1) is 10.4. The van der Waals surface area contributed by atoms with Gasteiger partial charge in [-0.2, -0.15) is 0 Å². The predicted molar refractivity (Wildman–Crippen MR) is 86.9 cm³/mol. The maximum absolute atomic E-state index is 11.2. The van der Waals surface area contributed by atoms with Crippen molar-refractivity contribution < 1.29 is 14.7 Å². The Balaban J connectivity index is 2.51. The summed E-state index contributed by atoms with van der Waals surface area (Å²) in [5, 5.41) is 11.9. The van der Waals surface area contributed by atoms with Crippen molar-refractivity contribution in [3.05, 3.63) is 35.4 Å². The van der Waals surface area contributed by atoms with E-state index >= 15 is 0 Å². The molecule has 0 fully saturated rings. The van der Waals surface area contributed by atoms with Crippen LogP contribution in [0, 0.1) is 6.92 Å². The molecule has 5 heteroatoms. The monoisotopic (exact) mass is 306 g/mol. The number of carbonyl (C=O) groups is 2. The van der Waals surface area contributed by atoms with Crippen LogP contribution in [-0.2, 0) is 16.0 Å². The van der Waals surface area contributed by atoms with Crippen LogP contribution in [0.25, 0.3) is 0 Å². The summed E-state index contributed by atoms with van der Waals surface area (Å²) in [6.07, 6.45) is 1.82. The van der Waals surface area contributed by atoms with Crippen molar-refractivity contribution in [2.24, 2.45) is 0 Å². The molecule has 0 radical (unpaired) electrons. The van der Waals surface area contributed by atoms with E-state index in [9.17, 15) is 14.7 Å². The minimum Gasteiger partial charge on any atom is -0.480 e. The molecule has 0 heterocycles. The Kier molecular flexibility index (Phi) is 7.60. The highest BCUT2D eigenvalue weighted by Crippen LogP contribution is 2.10. The van der Waals surface area contributed by atoms with E-state index in [2.05, 4.69) is 24.4 Å². The lowest BCUT2D eigenvalue weighted by atomic mass is 10.0. The molecule has 2 N–H and O–H groups in total. The fourth-order valence-electron chi connectivity index (χ4n) is 2.39. The normalized spacial score (nSPS) is 12.2. The van der Waals surface area contributed by atoms with Crippen molar-refractivity contribution >= 4 is 11.9 Å². The number of rotatable bonds is 9. The van der Waals surface area contributed by atoms with Crippen molar-refractivity contribution in [2.75, 3.05) is 19.6 Å². The second-order valence-electron chi connectivity index (χ2n) is 5.56. The number of aryl methyl sites for hydroxylation is 2. The fourth-order valence-corrected chi connectivity index (χ4v) is 2.39. The first kappa shape index (κ1) is 18.2. The minimum absolute atomic E-state index is 0.0946. The molecule has 1 unspecified atom stereocenters. The molecule has 0 aromatic heterocycles. The summed E-state index contributed by atoms with van der Waals surface area (Å²) in [5.74, 6) is -0.929. The van der Waals surface area contributed by atoms with Gasteiger partial charge in [0.25, 0.3) is 0 Å². The molecule has 0 saturated carbocycles. The van der Waals surface area contributed by atoms with Crippen LogP contribution in [0.4, 0.5) is 0 Å². The van der Waals surface area contributed by atoms with Crippen LogP contribution in [0.2, 0.25) is 0 Å². The molecule has 5 nitrogen and oxygen atoms in total. The van der Waals surface area contributed by atoms with Gasteiger partial charge in [0.05, 0.1) is 0 Å². The van der Waals surface area contributed by atoms with E-state index in [1.165, 1.54) is 18.1 Å². The van der Waals surface area contributed by atoms with Gasteiger partial charge < -0.3 is 10.4 Å². The quantitative estimate of drug-likeness (QED) is 0.730. The lowest BCUT2D eigenvalue weighted by Crippen LogP contribution is -2.43. The topological polar surface area (TPSA) is 69.6 Å². The van der Waals surface area contributed by atoms with Crippen LogP contribution in [0.15, 0.2) is 24.3 Å². The van der Waals surface area contributed by atoms with E-state index in [1.807, 2.05) is 17.0 Å². The van der Waals surface area contributed by atoms with Gasteiger partial charge in [0.1, 0.15) is 6.04 Å². The molecule has 122 valence electrons. The van der Waals surface area contributed by atoms with Crippen LogP contribution in [0.3, 0.4) is 0 Å². The molecule has 0 saturated heterocycles. The Hall–Kier alpha value is -1.88. The first-order valence-electron chi connectivity index (χ1n) is 7.67. The summed E-state index contributed by atoms with van der Waals surface area (Å²) < 4.78 is 0. The van der Waals surface area contributed by atoms with Crippen LogP contribution >= 0.6 is 0 Å². The molecule has 22 heavy (non-hydrogen) atoms. The highest BCUT2D eigenvalue weighted by atomic mass is 16.4. The maximum Gasteiger partial charge on any atom is 0.320 e. The summed E-state index contributed by atoms with van der Waals surface area (Å²) in [7, 11) is 0. The van der Waals surface area contributed by atoms with E-state index in [0.717, 1.165) is 12.8 Å². The van der Waals surface area contributed by atoms with E-state index in [1.54, 1.807) is 6.92 Å². The van der Waals surface area contributed by atoms with Crippen LogP contribution in [0.5, 0.6) is 0 Å². The smallest absolute Gasteiger partial charge is 0.320 e. The van der Waals surface area contributed by atoms with Gasteiger partial charge >= 0.3 is 5.97 Å². The summed E-state index contributed by atoms with van der Waals surface area (Å²) in [5.41, 5.74) is 2.56. The van der Waals surface area contributed by atoms with Gasteiger partial charge in [-0.25, -0.2) is 0 Å². The molecular formula is C17H26N2O3. The van der Waals surface area contributed by atoms with Crippen molar-refractivity contribution in [1.29, 1.82) is 0 Å². The number of hydrogen-bond acceptors (Lipinski definition) is 3. The molecule has 0 aliphatic rings. The summed E-state index contributed by atoms with van der Waals surface area (Å²) in [4.78, 5) is 24.0. The van der Waals surface area contributed by atoms with Crippen molar-refractivity contribution in [3.8, 4) is 0 Å². The van der Waals surface area contributed by atoms with Gasteiger partial charge in [-0.1, -0.05) is 24.3 Å². The second kappa shape index (κ2) is 9.20. The SMILES string of the molecule is CC(=O)NCCN(CCCc1ccccc1C)C(C)C(=O)O. The highest BCUT2D eigenvalue weighted by molar-refractivity contribution is 5.73. The number of nitrogens with zero attached hydrogens (tertiary/aromatic N) is 1. The average molecular weight is 306 g/mol. The number of nitrogens with one attached hydrogen (secondary N) is 1. The Morgan fingerprint density at radius 2 is 1.95 bits per heavy atom. The van der Waals surface area contributed by atoms with Crippen molar-refractivity contribution in [3.63, 3.8) is 0 Å². The Labute approximate surface area is 132 Å². The van der Waals surface area contributed by atoms with E-state index in [4.69, 9.17) is 0 Å². The molecule has 0 bridgehead atoms. The number of carboxylic acid groups (broad SMARTS) is 1. The molecule has 1 atom stereocenters. The number of hydrogen-bond donors (Lipinski definition) is 2. The van der Waals surface area contributed by atoms with Gasteiger partial charge in [-0.15, -0.1) is 0 Å². The number of aliphatic carboxylic acids is 1. The van der Waals surface area contributed by atoms with Gasteiger partial charge in [-0.3, -0.25) is 14.5 Å². The third kappa shape index (κ3) is 6.26. The maximum atomic E-state index is 11.2. The minimum atomic E-state index is -0.835. The van der Waals surface area contributed by atoms with Gasteiger partial charge in [-0.05, 0) is 44.4 Å². The van der Waals surface area contributed by atoms with Crippen LogP contribution in [0.1, 0.15) is 31.4 Å². The number of carboxylic acids is 1. The number of carbonyl (C=O) groups excluding carboxylic acids is 1. The summed E-state index contributed by atoms with van der Waals surface area (Å²) >= 11 is 0. The predicted octanol–water partition coefficient (Wildman–Crippen LogP) is 1.84. The van der Waals surface area contributed by atoms with Crippen molar-refractivity contribution in [2.45, 2.75) is 39.7 Å². The number of amides is 1. The van der Waals surface area contributed by atoms with Crippen molar-refractivity contribution in [1.82, 2.24) is 10.2 Å². The molecular weight excluding hydrogens is 280 g/mol. The molecule has 1 rings (SSSR count). The lowest BCUT2D eigenvalue weighted by Gasteiger charge is -2.26. The van der Waals surface area contributed by atoms with E-state index < -0.39 is 12.0 Å². The third-order valence-corrected chi connectivity index (χ3v) is 3.83. The number of benzene rings is 1. The molecule has 1 aromatic rings. The summed E-state index contributed by atoms with van der Waals surface area (Å²) in [6.45, 7) is 6.94. The molecule has 0 spiro atoms. The van der Waals surface area contributed by atoms with E-state index in [0.29, 0.717) is 19.6 Å². The van der Waals surface area contributed by atoms with Gasteiger partial charge in [0, 0.05) is 20.0 Å². The van der Waals surface area contributed by atoms with Crippen LogP contribution in [-0.4, -0.2) is 47.6 Å². The zero-order valence-corrected chi connectivity index (χ0v) is 13.6. The lowest BCUT2D eigenvalue weighted by molar-refractivity contribution is -0.142. The molecule has 1 aromatic carbocycles. The Bertz CT molecular complexity index is 502. The van der Waals surface area contributed by atoms with Gasteiger partial charge in [0.15, 0.2) is 0 Å².